The molecule has 0 saturated carbocycles. The van der Waals surface area contributed by atoms with Crippen LogP contribution in [0.3, 0.4) is 0 Å². The van der Waals surface area contributed by atoms with E-state index >= 15 is 0 Å². The van der Waals surface area contributed by atoms with E-state index in [1.807, 2.05) is 42.5 Å². The number of nitrogens with zero attached hydrogens (tertiary/aromatic N) is 1. The van der Waals surface area contributed by atoms with E-state index in [9.17, 15) is 9.59 Å². The van der Waals surface area contributed by atoms with Crippen molar-refractivity contribution in [3.05, 3.63) is 65.7 Å². The summed E-state index contributed by atoms with van der Waals surface area (Å²) < 4.78 is 0. The summed E-state index contributed by atoms with van der Waals surface area (Å²) >= 11 is 0. The Bertz CT molecular complexity index is 740. The minimum atomic E-state index is -0.341. The van der Waals surface area contributed by atoms with Gasteiger partial charge in [-0.1, -0.05) is 56.3 Å². The highest BCUT2D eigenvalue weighted by molar-refractivity contribution is 5.91. The van der Waals surface area contributed by atoms with Crippen LogP contribution in [-0.4, -0.2) is 36.3 Å². The van der Waals surface area contributed by atoms with Crippen LogP contribution in [0.4, 0.5) is 5.69 Å². The maximum absolute atomic E-state index is 12.5. The Hall–Kier alpha value is -2.66. The predicted molar refractivity (Wildman–Crippen MR) is 114 cm³/mol. The van der Waals surface area contributed by atoms with Gasteiger partial charge in [0, 0.05) is 19.2 Å². The first-order chi connectivity index (χ1) is 13.5. The Morgan fingerprint density at radius 3 is 2.18 bits per heavy atom. The molecule has 0 radical (unpaired) electrons. The minimum absolute atomic E-state index is 0.126. The summed E-state index contributed by atoms with van der Waals surface area (Å²) in [5.74, 6) is -0.280. The summed E-state index contributed by atoms with van der Waals surface area (Å²) in [6.07, 6.45) is 1.18. The third kappa shape index (κ3) is 7.16. The minimum Gasteiger partial charge on any atom is -0.349 e. The Kier molecular flexibility index (Phi) is 8.69. The van der Waals surface area contributed by atoms with Crippen LogP contribution < -0.4 is 10.6 Å². The molecular weight excluding hydrogens is 350 g/mol. The first kappa shape index (κ1) is 21.6. The zero-order valence-corrected chi connectivity index (χ0v) is 17.1. The highest BCUT2D eigenvalue weighted by atomic mass is 16.2. The van der Waals surface area contributed by atoms with Crippen molar-refractivity contribution in [1.29, 1.82) is 0 Å². The Morgan fingerprint density at radius 2 is 1.61 bits per heavy atom. The summed E-state index contributed by atoms with van der Waals surface area (Å²) in [5.41, 5.74) is 2.94. The predicted octanol–water partition coefficient (Wildman–Crippen LogP) is 3.78. The summed E-state index contributed by atoms with van der Waals surface area (Å²) in [7, 11) is 0. The van der Waals surface area contributed by atoms with E-state index in [4.69, 9.17) is 0 Å². The fourth-order valence-electron chi connectivity index (χ4n) is 3.16. The molecule has 0 aliphatic rings. The summed E-state index contributed by atoms with van der Waals surface area (Å²) in [6.45, 7) is 8.96. The van der Waals surface area contributed by atoms with Crippen LogP contribution >= 0.6 is 0 Å². The molecule has 0 aromatic heterocycles. The maximum Gasteiger partial charge on any atom is 0.226 e. The normalized spacial score (nSPS) is 11.9. The van der Waals surface area contributed by atoms with E-state index < -0.39 is 0 Å². The highest BCUT2D eigenvalue weighted by Crippen LogP contribution is 2.18. The first-order valence-corrected chi connectivity index (χ1v) is 9.95. The van der Waals surface area contributed by atoms with E-state index in [0.717, 1.165) is 37.3 Å². The van der Waals surface area contributed by atoms with E-state index in [-0.39, 0.29) is 24.3 Å². The number of carbonyl (C=O) groups excluding carboxylic acids is 2. The van der Waals surface area contributed by atoms with Gasteiger partial charge in [0.05, 0.1) is 12.5 Å². The standard InChI is InChI=1S/C23H31N3O2/c1-4-26(5-2)16-15-19-11-13-21(14-12-19)25-23(28)17-22(24-18(3)27)20-9-7-6-8-10-20/h6-14,22H,4-5,15-17H2,1-3H3,(H,24,27)(H,25,28). The van der Waals surface area contributed by atoms with Crippen molar-refractivity contribution in [1.82, 2.24) is 10.2 Å². The monoisotopic (exact) mass is 381 g/mol. The molecular formula is C23H31N3O2. The van der Waals surface area contributed by atoms with Gasteiger partial charge >= 0.3 is 0 Å². The quantitative estimate of drug-likeness (QED) is 0.658. The maximum atomic E-state index is 12.5. The second-order valence-corrected chi connectivity index (χ2v) is 6.89. The molecule has 0 aliphatic carbocycles. The van der Waals surface area contributed by atoms with Gasteiger partial charge in [0.1, 0.15) is 0 Å². The SMILES string of the molecule is CCN(CC)CCc1ccc(NC(=O)CC(NC(C)=O)c2ccccc2)cc1. The molecule has 2 aromatic carbocycles. The number of carbonyl (C=O) groups is 2. The number of amides is 2. The van der Waals surface area contributed by atoms with Crippen LogP contribution in [0.5, 0.6) is 0 Å². The molecule has 0 aliphatic heterocycles. The average Bonchev–Trinajstić information content (AvgIpc) is 2.70. The van der Waals surface area contributed by atoms with Crippen LogP contribution in [0.1, 0.15) is 44.4 Å². The van der Waals surface area contributed by atoms with Gasteiger partial charge in [0.15, 0.2) is 0 Å². The van der Waals surface area contributed by atoms with Gasteiger partial charge in [0.25, 0.3) is 0 Å². The third-order valence-corrected chi connectivity index (χ3v) is 4.82. The van der Waals surface area contributed by atoms with Crippen molar-refractivity contribution in [2.24, 2.45) is 0 Å². The molecule has 2 amide bonds. The molecule has 150 valence electrons. The smallest absolute Gasteiger partial charge is 0.226 e. The molecule has 0 saturated heterocycles. The molecule has 0 fully saturated rings. The summed E-state index contributed by atoms with van der Waals surface area (Å²) in [5, 5.41) is 5.79. The Morgan fingerprint density at radius 1 is 0.964 bits per heavy atom. The Labute approximate surface area is 168 Å². The molecule has 2 rings (SSSR count). The number of likely N-dealkylation sites (N-methyl/N-ethyl adjacent to an activating group) is 1. The first-order valence-electron chi connectivity index (χ1n) is 9.95. The summed E-state index contributed by atoms with van der Waals surface area (Å²) in [6, 6.07) is 17.2. The molecule has 0 heterocycles. The fraction of sp³-hybridized carbons (Fsp3) is 0.391. The van der Waals surface area contributed by atoms with Crippen molar-refractivity contribution in [2.45, 2.75) is 39.7 Å². The number of anilines is 1. The topological polar surface area (TPSA) is 61.4 Å². The lowest BCUT2D eigenvalue weighted by molar-refractivity contribution is -0.120. The zero-order valence-electron chi connectivity index (χ0n) is 17.1. The lowest BCUT2D eigenvalue weighted by atomic mass is 10.0. The zero-order chi connectivity index (χ0) is 20.4. The van der Waals surface area contributed by atoms with Crippen LogP contribution in [0.25, 0.3) is 0 Å². The largest absolute Gasteiger partial charge is 0.349 e. The van der Waals surface area contributed by atoms with Gasteiger partial charge in [-0.15, -0.1) is 0 Å². The van der Waals surface area contributed by atoms with Gasteiger partial charge < -0.3 is 15.5 Å². The van der Waals surface area contributed by atoms with E-state index in [0.29, 0.717) is 0 Å². The highest BCUT2D eigenvalue weighted by Gasteiger charge is 2.17. The van der Waals surface area contributed by atoms with Crippen molar-refractivity contribution in [3.63, 3.8) is 0 Å². The number of hydrogen-bond acceptors (Lipinski definition) is 3. The fourth-order valence-corrected chi connectivity index (χ4v) is 3.16. The molecule has 28 heavy (non-hydrogen) atoms. The van der Waals surface area contributed by atoms with Crippen LogP contribution in [0, 0.1) is 0 Å². The third-order valence-electron chi connectivity index (χ3n) is 4.82. The molecule has 0 bridgehead atoms. The molecule has 5 heteroatoms. The number of rotatable bonds is 10. The van der Waals surface area contributed by atoms with Crippen molar-refractivity contribution in [3.8, 4) is 0 Å². The molecule has 2 aromatic rings. The van der Waals surface area contributed by atoms with Crippen LogP contribution in [0.15, 0.2) is 54.6 Å². The van der Waals surface area contributed by atoms with Gasteiger partial charge in [-0.05, 0) is 42.8 Å². The molecule has 1 unspecified atom stereocenters. The van der Waals surface area contributed by atoms with Crippen molar-refractivity contribution < 1.29 is 9.59 Å². The Balaban J connectivity index is 1.93. The van der Waals surface area contributed by atoms with E-state index in [1.165, 1.54) is 12.5 Å². The second-order valence-electron chi connectivity index (χ2n) is 6.89. The molecule has 2 N–H and O–H groups in total. The summed E-state index contributed by atoms with van der Waals surface area (Å²) in [4.78, 5) is 26.4. The van der Waals surface area contributed by atoms with E-state index in [1.54, 1.807) is 0 Å². The number of hydrogen-bond donors (Lipinski definition) is 2. The lowest BCUT2D eigenvalue weighted by Crippen LogP contribution is -2.29. The van der Waals surface area contributed by atoms with E-state index in [2.05, 4.69) is 41.5 Å². The average molecular weight is 382 g/mol. The van der Waals surface area contributed by atoms with Crippen molar-refractivity contribution in [2.75, 3.05) is 25.0 Å². The molecule has 5 nitrogen and oxygen atoms in total. The van der Waals surface area contributed by atoms with Crippen LogP contribution in [0.2, 0.25) is 0 Å². The van der Waals surface area contributed by atoms with Crippen LogP contribution in [-0.2, 0) is 16.0 Å². The van der Waals surface area contributed by atoms with Crippen molar-refractivity contribution >= 4 is 17.5 Å². The van der Waals surface area contributed by atoms with Gasteiger partial charge in [0.2, 0.25) is 11.8 Å². The molecule has 0 spiro atoms. The van der Waals surface area contributed by atoms with Gasteiger partial charge in [-0.3, -0.25) is 9.59 Å². The number of nitrogens with one attached hydrogen (secondary N) is 2. The second kappa shape index (κ2) is 11.2. The van der Waals surface area contributed by atoms with Gasteiger partial charge in [-0.2, -0.15) is 0 Å². The lowest BCUT2D eigenvalue weighted by Gasteiger charge is -2.18. The van der Waals surface area contributed by atoms with Gasteiger partial charge in [-0.25, -0.2) is 0 Å². The number of benzene rings is 2. The molecule has 1 atom stereocenters.